The maximum Gasteiger partial charge on any atom is 0.289 e. The predicted molar refractivity (Wildman–Crippen MR) is 105 cm³/mol. The number of rotatable bonds is 18. The standard InChI is InChI=1S/C20H40O3S/c1-3-5-6-7-8-9-10-11-12-13-14-15-16-17-18-19-20-24(21,22)23-4-2/h19-20H,3-18H2,1-2H3. The smallest absolute Gasteiger partial charge is 0.267 e. The number of hydrogen-bond acceptors (Lipinski definition) is 3. The first-order valence-corrected chi connectivity index (χ1v) is 11.7. The van der Waals surface area contributed by atoms with Crippen molar-refractivity contribution in [1.29, 1.82) is 0 Å². The second-order valence-corrected chi connectivity index (χ2v) is 8.15. The SMILES string of the molecule is CCCCCCCCCCCCCCCCC=CS(=O)(=O)OCC. The number of hydrogen-bond donors (Lipinski definition) is 0. The van der Waals surface area contributed by atoms with Crippen LogP contribution in [0.15, 0.2) is 11.5 Å². The molecule has 0 fully saturated rings. The van der Waals surface area contributed by atoms with Crippen LogP contribution in [0.5, 0.6) is 0 Å². The van der Waals surface area contributed by atoms with Gasteiger partial charge in [0.15, 0.2) is 0 Å². The minimum Gasteiger partial charge on any atom is -0.267 e. The third kappa shape index (κ3) is 18.0. The summed E-state index contributed by atoms with van der Waals surface area (Å²) >= 11 is 0. The van der Waals surface area contributed by atoms with Crippen LogP contribution in [-0.2, 0) is 14.3 Å². The molecule has 0 aliphatic carbocycles. The summed E-state index contributed by atoms with van der Waals surface area (Å²) in [5.41, 5.74) is 0. The van der Waals surface area contributed by atoms with Crippen molar-refractivity contribution in [3.8, 4) is 0 Å². The molecule has 0 bridgehead atoms. The van der Waals surface area contributed by atoms with Gasteiger partial charge in [-0.3, -0.25) is 4.18 Å². The van der Waals surface area contributed by atoms with Crippen molar-refractivity contribution in [2.24, 2.45) is 0 Å². The van der Waals surface area contributed by atoms with Gasteiger partial charge in [0.2, 0.25) is 0 Å². The molecular formula is C20H40O3S. The van der Waals surface area contributed by atoms with Crippen LogP contribution < -0.4 is 0 Å². The van der Waals surface area contributed by atoms with Crippen molar-refractivity contribution >= 4 is 10.1 Å². The Kier molecular flexibility index (Phi) is 17.2. The van der Waals surface area contributed by atoms with Gasteiger partial charge in [0.25, 0.3) is 10.1 Å². The van der Waals surface area contributed by atoms with Gasteiger partial charge in [-0.25, -0.2) is 0 Å². The van der Waals surface area contributed by atoms with Gasteiger partial charge in [-0.1, -0.05) is 96.5 Å². The normalized spacial score (nSPS) is 12.2. The molecule has 0 spiro atoms. The minimum atomic E-state index is -3.43. The van der Waals surface area contributed by atoms with Crippen LogP contribution in [0.2, 0.25) is 0 Å². The highest BCUT2D eigenvalue weighted by Crippen LogP contribution is 2.13. The summed E-state index contributed by atoms with van der Waals surface area (Å²) in [5, 5.41) is 1.19. The number of allylic oxidation sites excluding steroid dienone is 1. The fourth-order valence-electron chi connectivity index (χ4n) is 2.85. The lowest BCUT2D eigenvalue weighted by molar-refractivity contribution is 0.344. The first-order chi connectivity index (χ1) is 11.6. The van der Waals surface area contributed by atoms with Crippen molar-refractivity contribution in [1.82, 2.24) is 0 Å². The highest BCUT2D eigenvalue weighted by Gasteiger charge is 2.02. The quantitative estimate of drug-likeness (QED) is 0.201. The van der Waals surface area contributed by atoms with Crippen LogP contribution >= 0.6 is 0 Å². The van der Waals surface area contributed by atoms with E-state index < -0.39 is 10.1 Å². The molecule has 0 radical (unpaired) electrons. The molecule has 0 aliphatic heterocycles. The number of unbranched alkanes of at least 4 members (excludes halogenated alkanes) is 14. The summed E-state index contributed by atoms with van der Waals surface area (Å²) in [5.74, 6) is 0. The van der Waals surface area contributed by atoms with Crippen molar-refractivity contribution < 1.29 is 12.6 Å². The molecule has 0 aromatic carbocycles. The van der Waals surface area contributed by atoms with E-state index in [4.69, 9.17) is 0 Å². The molecule has 0 aliphatic rings. The van der Waals surface area contributed by atoms with E-state index in [1.165, 1.54) is 88.9 Å². The molecule has 0 aromatic heterocycles. The summed E-state index contributed by atoms with van der Waals surface area (Å²) in [6, 6.07) is 0. The summed E-state index contributed by atoms with van der Waals surface area (Å²) in [6.45, 7) is 4.15. The Balaban J connectivity index is 3.22. The van der Waals surface area contributed by atoms with Crippen molar-refractivity contribution in [2.75, 3.05) is 6.61 Å². The first-order valence-electron chi connectivity index (χ1n) is 10.2. The summed E-state index contributed by atoms with van der Waals surface area (Å²) in [6.07, 6.45) is 21.3. The lowest BCUT2D eigenvalue weighted by Gasteiger charge is -2.02. The Morgan fingerprint density at radius 2 is 1.08 bits per heavy atom. The van der Waals surface area contributed by atoms with E-state index in [-0.39, 0.29) is 6.61 Å². The zero-order valence-electron chi connectivity index (χ0n) is 16.1. The molecule has 144 valence electrons. The van der Waals surface area contributed by atoms with Gasteiger partial charge >= 0.3 is 0 Å². The van der Waals surface area contributed by atoms with E-state index in [9.17, 15) is 8.42 Å². The Hall–Kier alpha value is -0.350. The van der Waals surface area contributed by atoms with Gasteiger partial charge in [0.05, 0.1) is 12.0 Å². The molecule has 0 N–H and O–H groups in total. The molecule has 0 unspecified atom stereocenters. The van der Waals surface area contributed by atoms with Gasteiger partial charge in [-0.05, 0) is 19.8 Å². The van der Waals surface area contributed by atoms with Crippen LogP contribution in [0.4, 0.5) is 0 Å². The molecule has 4 heteroatoms. The van der Waals surface area contributed by atoms with Crippen molar-refractivity contribution in [3.05, 3.63) is 11.5 Å². The molecule has 0 heterocycles. The average molecular weight is 361 g/mol. The predicted octanol–water partition coefficient (Wildman–Crippen LogP) is 6.74. The third-order valence-corrected chi connectivity index (χ3v) is 5.36. The average Bonchev–Trinajstić information content (AvgIpc) is 2.54. The van der Waals surface area contributed by atoms with E-state index in [1.807, 2.05) is 0 Å². The lowest BCUT2D eigenvalue weighted by Crippen LogP contribution is -2.00. The van der Waals surface area contributed by atoms with E-state index in [2.05, 4.69) is 11.1 Å². The molecule has 24 heavy (non-hydrogen) atoms. The molecule has 0 saturated carbocycles. The fourth-order valence-corrected chi connectivity index (χ4v) is 3.63. The first kappa shape index (κ1) is 23.6. The Morgan fingerprint density at radius 1 is 0.667 bits per heavy atom. The van der Waals surface area contributed by atoms with E-state index in [0.29, 0.717) is 0 Å². The molecule has 0 saturated heterocycles. The molecular weight excluding hydrogens is 320 g/mol. The molecule has 0 atom stereocenters. The van der Waals surface area contributed by atoms with Crippen LogP contribution in [0.25, 0.3) is 0 Å². The van der Waals surface area contributed by atoms with Gasteiger partial charge in [-0.2, -0.15) is 8.42 Å². The zero-order valence-corrected chi connectivity index (χ0v) is 16.9. The van der Waals surface area contributed by atoms with Crippen LogP contribution in [0.1, 0.15) is 110 Å². The fraction of sp³-hybridized carbons (Fsp3) is 0.900. The zero-order chi connectivity index (χ0) is 17.9. The van der Waals surface area contributed by atoms with Crippen LogP contribution in [0, 0.1) is 0 Å². The van der Waals surface area contributed by atoms with Crippen molar-refractivity contribution in [2.45, 2.75) is 110 Å². The van der Waals surface area contributed by atoms with Crippen LogP contribution in [0.3, 0.4) is 0 Å². The Morgan fingerprint density at radius 3 is 1.50 bits per heavy atom. The summed E-state index contributed by atoms with van der Waals surface area (Å²) < 4.78 is 27.2. The van der Waals surface area contributed by atoms with E-state index in [1.54, 1.807) is 13.0 Å². The summed E-state index contributed by atoms with van der Waals surface area (Å²) in [4.78, 5) is 0. The molecule has 0 aromatic rings. The lowest BCUT2D eigenvalue weighted by atomic mass is 10.0. The van der Waals surface area contributed by atoms with E-state index >= 15 is 0 Å². The van der Waals surface area contributed by atoms with Gasteiger partial charge in [0, 0.05) is 0 Å². The Bertz CT molecular complexity index is 374. The minimum absolute atomic E-state index is 0.200. The topological polar surface area (TPSA) is 43.4 Å². The molecule has 3 nitrogen and oxygen atoms in total. The van der Waals surface area contributed by atoms with Gasteiger partial charge < -0.3 is 0 Å². The monoisotopic (exact) mass is 360 g/mol. The largest absolute Gasteiger partial charge is 0.289 e. The second kappa shape index (κ2) is 17.5. The van der Waals surface area contributed by atoms with Gasteiger partial charge in [0.1, 0.15) is 0 Å². The summed E-state index contributed by atoms with van der Waals surface area (Å²) in [7, 11) is -3.43. The Labute approximate surface area is 151 Å². The maximum absolute atomic E-state index is 11.3. The molecule has 0 rings (SSSR count). The second-order valence-electron chi connectivity index (χ2n) is 6.66. The van der Waals surface area contributed by atoms with E-state index in [0.717, 1.165) is 12.8 Å². The third-order valence-electron chi connectivity index (χ3n) is 4.27. The van der Waals surface area contributed by atoms with Crippen molar-refractivity contribution in [3.63, 3.8) is 0 Å². The molecule has 0 amide bonds. The highest BCUT2D eigenvalue weighted by atomic mass is 32.2. The maximum atomic E-state index is 11.3. The van der Waals surface area contributed by atoms with Gasteiger partial charge in [-0.15, -0.1) is 0 Å². The highest BCUT2D eigenvalue weighted by molar-refractivity contribution is 7.89. The van der Waals surface area contributed by atoms with Crippen LogP contribution in [-0.4, -0.2) is 15.0 Å².